The highest BCUT2D eigenvalue weighted by molar-refractivity contribution is 5.87. The maximum absolute atomic E-state index is 6.88. The lowest BCUT2D eigenvalue weighted by molar-refractivity contribution is 0.419. The zero-order valence-electron chi connectivity index (χ0n) is 18.7. The summed E-state index contributed by atoms with van der Waals surface area (Å²) in [6.07, 6.45) is 12.8. The van der Waals surface area contributed by atoms with Gasteiger partial charge >= 0.3 is 0 Å². The summed E-state index contributed by atoms with van der Waals surface area (Å²) in [6.45, 7) is 0.758. The predicted octanol–water partition coefficient (Wildman–Crippen LogP) is 4.04. The molecule has 1 aromatic carbocycles. The second kappa shape index (κ2) is 7.80. The summed E-state index contributed by atoms with van der Waals surface area (Å²) in [6, 6.07) is 14.9. The molecule has 0 amide bonds. The van der Waals surface area contributed by atoms with Crippen LogP contribution >= 0.6 is 0 Å². The largest absolute Gasteiger partial charge is 0.381 e. The Morgan fingerprint density at radius 2 is 1.94 bits per heavy atom. The summed E-state index contributed by atoms with van der Waals surface area (Å²) in [5.74, 6) is 0. The number of rotatable bonds is 5. The minimum absolute atomic E-state index is 0.640. The predicted molar refractivity (Wildman–Crippen MR) is 129 cm³/mol. The van der Waals surface area contributed by atoms with Gasteiger partial charge in [-0.3, -0.25) is 9.67 Å². The normalized spacial score (nSPS) is 18.2. The monoisotopic (exact) mass is 424 g/mol. The average Bonchev–Trinajstić information content (AvgIpc) is 3.37. The van der Waals surface area contributed by atoms with Gasteiger partial charge in [-0.1, -0.05) is 42.5 Å². The molecule has 6 nitrogen and oxygen atoms in total. The second-order valence-electron chi connectivity index (χ2n) is 8.76. The van der Waals surface area contributed by atoms with Crippen LogP contribution in [-0.4, -0.2) is 38.3 Å². The maximum atomic E-state index is 6.88. The molecule has 0 radical (unpaired) electrons. The number of pyridine rings is 1. The second-order valence-corrected chi connectivity index (χ2v) is 8.76. The van der Waals surface area contributed by atoms with Crippen LogP contribution in [0.2, 0.25) is 0 Å². The van der Waals surface area contributed by atoms with Gasteiger partial charge < -0.3 is 15.2 Å². The van der Waals surface area contributed by atoms with Crippen LogP contribution in [0, 0.1) is 0 Å². The molecule has 3 heterocycles. The Morgan fingerprint density at radius 3 is 2.66 bits per heavy atom. The fraction of sp³-hybridized carbons (Fsp3) is 0.231. The molecule has 0 spiro atoms. The van der Waals surface area contributed by atoms with Gasteiger partial charge in [-0.15, -0.1) is 0 Å². The van der Waals surface area contributed by atoms with Gasteiger partial charge in [0.05, 0.1) is 28.6 Å². The Labute approximate surface area is 188 Å². The molecule has 0 saturated carbocycles. The molecule has 32 heavy (non-hydrogen) atoms. The first kappa shape index (κ1) is 20.3. The van der Waals surface area contributed by atoms with Gasteiger partial charge in [0.1, 0.15) is 0 Å². The first-order chi connectivity index (χ1) is 15.4. The molecule has 162 valence electrons. The molecule has 1 atom stereocenters. The van der Waals surface area contributed by atoms with Gasteiger partial charge in [-0.2, -0.15) is 5.10 Å². The maximum Gasteiger partial charge on any atom is 0.0827 e. The highest BCUT2D eigenvalue weighted by Gasteiger charge is 2.30. The lowest BCUT2D eigenvalue weighted by Gasteiger charge is -2.32. The number of fused-ring (bicyclic) bond motifs is 1. The van der Waals surface area contributed by atoms with Crippen LogP contribution in [0.5, 0.6) is 0 Å². The summed E-state index contributed by atoms with van der Waals surface area (Å²) in [4.78, 5) is 6.91. The number of hydrogen-bond donors (Lipinski definition) is 1. The summed E-state index contributed by atoms with van der Waals surface area (Å²) >= 11 is 0. The molecule has 1 unspecified atom stereocenters. The van der Waals surface area contributed by atoms with Crippen molar-refractivity contribution in [3.63, 3.8) is 0 Å². The fourth-order valence-corrected chi connectivity index (χ4v) is 4.37. The Bertz CT molecular complexity index is 1330. The van der Waals surface area contributed by atoms with Crippen molar-refractivity contribution in [1.29, 1.82) is 0 Å². The van der Waals surface area contributed by atoms with Crippen molar-refractivity contribution in [3.8, 4) is 11.3 Å². The number of hydrogen-bond acceptors (Lipinski definition) is 4. The number of nitrogens with two attached hydrogens (primary N) is 1. The van der Waals surface area contributed by atoms with Crippen molar-refractivity contribution < 1.29 is 0 Å². The van der Waals surface area contributed by atoms with Gasteiger partial charge in [-0.25, -0.2) is 0 Å². The summed E-state index contributed by atoms with van der Waals surface area (Å²) in [5, 5.41) is 5.48. The standard InChI is InChI=1S/C26H28N6/c1-30(2)22-10-7-11-26(27,14-22)25-13-24-20(15-28-25)12-23(21-16-29-31(3)18-21)32(24)17-19-8-5-4-6-9-19/h4-13,15-16,18H,14,17,27H2,1-3H3. The van der Waals surface area contributed by atoms with Crippen LogP contribution in [0.3, 0.4) is 0 Å². The Morgan fingerprint density at radius 1 is 1.12 bits per heavy atom. The molecule has 2 N–H and O–H groups in total. The molecule has 0 saturated heterocycles. The number of allylic oxidation sites excluding steroid dienone is 2. The van der Waals surface area contributed by atoms with Crippen molar-refractivity contribution in [2.75, 3.05) is 14.1 Å². The Hall–Kier alpha value is -3.64. The molecule has 4 aromatic rings. The zero-order valence-corrected chi connectivity index (χ0v) is 18.7. The van der Waals surface area contributed by atoms with Gasteiger partial charge in [0.15, 0.2) is 0 Å². The third kappa shape index (κ3) is 3.63. The molecular weight excluding hydrogens is 396 g/mol. The third-order valence-electron chi connectivity index (χ3n) is 6.18. The first-order valence-corrected chi connectivity index (χ1v) is 10.8. The minimum Gasteiger partial charge on any atom is -0.381 e. The molecular formula is C26H28N6. The molecule has 0 aliphatic heterocycles. The van der Waals surface area contributed by atoms with Crippen LogP contribution < -0.4 is 5.73 Å². The van der Waals surface area contributed by atoms with Gasteiger partial charge in [0.2, 0.25) is 0 Å². The highest BCUT2D eigenvalue weighted by atomic mass is 15.2. The summed E-state index contributed by atoms with van der Waals surface area (Å²) < 4.78 is 4.17. The van der Waals surface area contributed by atoms with E-state index in [9.17, 15) is 0 Å². The van der Waals surface area contributed by atoms with E-state index in [1.54, 1.807) is 0 Å². The van der Waals surface area contributed by atoms with Crippen LogP contribution in [0.4, 0.5) is 0 Å². The van der Waals surface area contributed by atoms with E-state index in [2.05, 4.69) is 63.1 Å². The lowest BCUT2D eigenvalue weighted by atomic mass is 9.86. The van der Waals surface area contributed by atoms with E-state index in [0.717, 1.165) is 34.4 Å². The van der Waals surface area contributed by atoms with E-state index in [1.165, 1.54) is 11.3 Å². The van der Waals surface area contributed by atoms with Crippen molar-refractivity contribution in [1.82, 2.24) is 24.2 Å². The van der Waals surface area contributed by atoms with E-state index in [4.69, 9.17) is 10.7 Å². The van der Waals surface area contributed by atoms with Crippen LogP contribution in [-0.2, 0) is 19.1 Å². The summed E-state index contributed by atoms with van der Waals surface area (Å²) in [7, 11) is 6.04. The number of benzene rings is 1. The van der Waals surface area contributed by atoms with Crippen molar-refractivity contribution in [3.05, 3.63) is 96.2 Å². The van der Waals surface area contributed by atoms with Gasteiger partial charge in [0.25, 0.3) is 0 Å². The third-order valence-corrected chi connectivity index (χ3v) is 6.18. The van der Waals surface area contributed by atoms with E-state index >= 15 is 0 Å². The fourth-order valence-electron chi connectivity index (χ4n) is 4.37. The molecule has 5 rings (SSSR count). The van der Waals surface area contributed by atoms with Crippen molar-refractivity contribution in [2.45, 2.75) is 18.5 Å². The van der Waals surface area contributed by atoms with Gasteiger partial charge in [-0.05, 0) is 23.8 Å². The van der Waals surface area contributed by atoms with Gasteiger partial charge in [0, 0.05) is 63.1 Å². The Balaban J connectivity index is 1.64. The molecule has 0 bridgehead atoms. The van der Waals surface area contributed by atoms with Crippen LogP contribution in [0.25, 0.3) is 22.2 Å². The quantitative estimate of drug-likeness (QED) is 0.525. The highest BCUT2D eigenvalue weighted by Crippen LogP contribution is 2.34. The number of aromatic nitrogens is 4. The number of aryl methyl sites for hydroxylation is 1. The first-order valence-electron chi connectivity index (χ1n) is 10.8. The van der Waals surface area contributed by atoms with Crippen molar-refractivity contribution in [2.24, 2.45) is 12.8 Å². The van der Waals surface area contributed by atoms with Crippen LogP contribution in [0.15, 0.2) is 85.0 Å². The van der Waals surface area contributed by atoms with E-state index < -0.39 is 5.54 Å². The minimum atomic E-state index is -0.640. The molecule has 6 heteroatoms. The zero-order chi connectivity index (χ0) is 22.3. The summed E-state index contributed by atoms with van der Waals surface area (Å²) in [5.41, 5.74) is 12.9. The Kier molecular flexibility index (Phi) is 4.94. The van der Waals surface area contributed by atoms with E-state index in [0.29, 0.717) is 6.42 Å². The average molecular weight is 425 g/mol. The SMILES string of the molecule is CN(C)C1=CC=CC(N)(c2cc3c(cn2)cc(-c2cnn(C)c2)n3Cc2ccccc2)C1. The smallest absolute Gasteiger partial charge is 0.0827 e. The van der Waals surface area contributed by atoms with Crippen molar-refractivity contribution >= 4 is 10.9 Å². The molecule has 3 aromatic heterocycles. The molecule has 0 fully saturated rings. The number of nitrogens with zero attached hydrogens (tertiary/aromatic N) is 5. The van der Waals surface area contributed by atoms with E-state index in [1.807, 2.05) is 56.6 Å². The van der Waals surface area contributed by atoms with Crippen LogP contribution in [0.1, 0.15) is 17.7 Å². The lowest BCUT2D eigenvalue weighted by Crippen LogP contribution is -2.38. The molecule has 1 aliphatic carbocycles. The topological polar surface area (TPSA) is 64.9 Å². The van der Waals surface area contributed by atoms with E-state index in [-0.39, 0.29) is 0 Å². The molecule has 1 aliphatic rings.